The molecule has 1 fully saturated rings. The number of hydrogen-bond donors (Lipinski definition) is 3. The number of halogens is 1. The van der Waals surface area contributed by atoms with Crippen LogP contribution in [0.15, 0.2) is 18.2 Å². The van der Waals surface area contributed by atoms with Crippen molar-refractivity contribution in [2.24, 2.45) is 5.41 Å². The van der Waals surface area contributed by atoms with Gasteiger partial charge in [0.2, 0.25) is 0 Å². The van der Waals surface area contributed by atoms with Crippen LogP contribution in [0.3, 0.4) is 0 Å². The van der Waals surface area contributed by atoms with E-state index in [1.807, 2.05) is 6.92 Å². The second kappa shape index (κ2) is 5.91. The molecule has 2 atom stereocenters. The Balaban J connectivity index is 2.05. The smallest absolute Gasteiger partial charge is 0.319 e. The van der Waals surface area contributed by atoms with Crippen LogP contribution >= 0.6 is 11.6 Å². The molecule has 1 heterocycles. The van der Waals surface area contributed by atoms with Crippen LogP contribution in [0.1, 0.15) is 12.5 Å². The van der Waals surface area contributed by atoms with Crippen LogP contribution < -0.4 is 10.6 Å². The SMILES string of the molecule is Cc1ccc(Cl)cc1NC(=O)NC1COCC1(C)C(=O)O. The fourth-order valence-corrected chi connectivity index (χ4v) is 2.30. The Labute approximate surface area is 127 Å². The minimum absolute atomic E-state index is 0.0729. The minimum Gasteiger partial charge on any atom is -0.481 e. The fraction of sp³-hybridized carbons (Fsp3) is 0.429. The van der Waals surface area contributed by atoms with Crippen LogP contribution in [0.5, 0.6) is 0 Å². The molecule has 0 spiro atoms. The van der Waals surface area contributed by atoms with Crippen LogP contribution in [0, 0.1) is 12.3 Å². The summed E-state index contributed by atoms with van der Waals surface area (Å²) in [6, 6.07) is 4.08. The number of aryl methyl sites for hydroxylation is 1. The average molecular weight is 313 g/mol. The number of hydrogen-bond acceptors (Lipinski definition) is 3. The molecule has 1 aliphatic rings. The van der Waals surface area contributed by atoms with Crippen LogP contribution in [-0.2, 0) is 9.53 Å². The minimum atomic E-state index is -1.12. The predicted molar refractivity (Wildman–Crippen MR) is 78.7 cm³/mol. The molecule has 0 aliphatic carbocycles. The highest BCUT2D eigenvalue weighted by molar-refractivity contribution is 6.31. The maximum atomic E-state index is 12.0. The number of carboxylic acids is 1. The normalized spacial score (nSPS) is 24.6. The number of rotatable bonds is 3. The quantitative estimate of drug-likeness (QED) is 0.799. The van der Waals surface area contributed by atoms with E-state index < -0.39 is 23.5 Å². The first kappa shape index (κ1) is 15.6. The van der Waals surface area contributed by atoms with Crippen molar-refractivity contribution < 1.29 is 19.4 Å². The number of amides is 2. The van der Waals surface area contributed by atoms with Gasteiger partial charge >= 0.3 is 12.0 Å². The number of ether oxygens (including phenoxy) is 1. The van der Waals surface area contributed by atoms with E-state index in [1.54, 1.807) is 25.1 Å². The van der Waals surface area contributed by atoms with Crippen molar-refractivity contribution >= 4 is 29.3 Å². The molecule has 114 valence electrons. The molecule has 0 aromatic heterocycles. The molecule has 1 aliphatic heterocycles. The number of carboxylic acid groups (broad SMARTS) is 1. The topological polar surface area (TPSA) is 87.7 Å². The molecule has 2 amide bonds. The van der Waals surface area contributed by atoms with E-state index in [-0.39, 0.29) is 13.2 Å². The van der Waals surface area contributed by atoms with Gasteiger partial charge in [0, 0.05) is 10.7 Å². The highest BCUT2D eigenvalue weighted by atomic mass is 35.5. The van der Waals surface area contributed by atoms with Crippen LogP contribution in [0.25, 0.3) is 0 Å². The molecule has 3 N–H and O–H groups in total. The summed E-state index contributed by atoms with van der Waals surface area (Å²) in [7, 11) is 0. The summed E-state index contributed by atoms with van der Waals surface area (Å²) in [5.74, 6) is -0.996. The lowest BCUT2D eigenvalue weighted by Gasteiger charge is -2.25. The van der Waals surface area contributed by atoms with Crippen LogP contribution in [0.4, 0.5) is 10.5 Å². The summed E-state index contributed by atoms with van der Waals surface area (Å²) in [6.07, 6.45) is 0. The number of anilines is 1. The molecule has 21 heavy (non-hydrogen) atoms. The number of urea groups is 1. The number of aliphatic carboxylic acids is 1. The molecule has 1 saturated heterocycles. The number of carbonyl (C=O) groups excluding carboxylic acids is 1. The molecular weight excluding hydrogens is 296 g/mol. The van der Waals surface area contributed by atoms with Gasteiger partial charge in [-0.3, -0.25) is 4.79 Å². The van der Waals surface area contributed by atoms with Gasteiger partial charge < -0.3 is 20.5 Å². The van der Waals surface area contributed by atoms with E-state index in [0.717, 1.165) is 5.56 Å². The van der Waals surface area contributed by atoms with Gasteiger partial charge in [0.05, 0.1) is 19.3 Å². The monoisotopic (exact) mass is 312 g/mol. The van der Waals surface area contributed by atoms with Crippen LogP contribution in [-0.4, -0.2) is 36.4 Å². The second-order valence-electron chi connectivity index (χ2n) is 5.35. The van der Waals surface area contributed by atoms with Gasteiger partial charge in [-0.15, -0.1) is 0 Å². The third-order valence-corrected chi connectivity index (χ3v) is 3.93. The largest absolute Gasteiger partial charge is 0.481 e. The van der Waals surface area contributed by atoms with Crippen molar-refractivity contribution in [3.8, 4) is 0 Å². The van der Waals surface area contributed by atoms with Gasteiger partial charge in [-0.2, -0.15) is 0 Å². The van der Waals surface area contributed by atoms with Crippen molar-refractivity contribution in [2.75, 3.05) is 18.5 Å². The zero-order valence-corrected chi connectivity index (χ0v) is 12.5. The van der Waals surface area contributed by atoms with E-state index in [9.17, 15) is 14.7 Å². The van der Waals surface area contributed by atoms with Gasteiger partial charge in [0.25, 0.3) is 0 Å². The summed E-state index contributed by atoms with van der Waals surface area (Å²) in [5.41, 5.74) is 0.315. The van der Waals surface area contributed by atoms with E-state index in [1.165, 1.54) is 0 Å². The first-order valence-corrected chi connectivity index (χ1v) is 6.85. The Morgan fingerprint density at radius 3 is 2.86 bits per heavy atom. The van der Waals surface area contributed by atoms with Crippen molar-refractivity contribution in [1.82, 2.24) is 5.32 Å². The molecule has 1 aromatic carbocycles. The molecule has 1 aromatic rings. The molecule has 6 nitrogen and oxygen atoms in total. The molecule has 2 unspecified atom stereocenters. The van der Waals surface area contributed by atoms with Crippen molar-refractivity contribution in [1.29, 1.82) is 0 Å². The van der Waals surface area contributed by atoms with E-state index in [4.69, 9.17) is 16.3 Å². The number of benzene rings is 1. The molecule has 0 bridgehead atoms. The number of carbonyl (C=O) groups is 2. The van der Waals surface area contributed by atoms with E-state index in [0.29, 0.717) is 10.7 Å². The van der Waals surface area contributed by atoms with Gasteiger partial charge in [-0.1, -0.05) is 17.7 Å². The third kappa shape index (κ3) is 3.28. The Kier molecular flexibility index (Phi) is 4.39. The van der Waals surface area contributed by atoms with Crippen molar-refractivity contribution in [3.05, 3.63) is 28.8 Å². The number of nitrogens with one attached hydrogen (secondary N) is 2. The standard InChI is InChI=1S/C14H17ClN2O4/c1-8-3-4-9(15)5-10(8)16-13(20)17-11-6-21-7-14(11,2)12(18)19/h3-5,11H,6-7H2,1-2H3,(H,18,19)(H2,16,17,20). The summed E-state index contributed by atoms with van der Waals surface area (Å²) >= 11 is 5.89. The van der Waals surface area contributed by atoms with Gasteiger partial charge in [0.15, 0.2) is 0 Å². The zero-order valence-electron chi connectivity index (χ0n) is 11.8. The molecule has 0 saturated carbocycles. The zero-order chi connectivity index (χ0) is 15.6. The predicted octanol–water partition coefficient (Wildman–Crippen LogP) is 2.26. The van der Waals surface area contributed by atoms with Crippen LogP contribution in [0.2, 0.25) is 5.02 Å². The molecule has 0 radical (unpaired) electrons. The highest BCUT2D eigenvalue weighted by Gasteiger charge is 2.47. The first-order chi connectivity index (χ1) is 9.83. The lowest BCUT2D eigenvalue weighted by Crippen LogP contribution is -2.50. The Morgan fingerprint density at radius 2 is 2.19 bits per heavy atom. The molecule has 7 heteroatoms. The van der Waals surface area contributed by atoms with E-state index in [2.05, 4.69) is 10.6 Å². The van der Waals surface area contributed by atoms with Crippen molar-refractivity contribution in [3.63, 3.8) is 0 Å². The fourth-order valence-electron chi connectivity index (χ4n) is 2.13. The summed E-state index contributed by atoms with van der Waals surface area (Å²) in [5, 5.41) is 15.1. The Morgan fingerprint density at radius 1 is 1.48 bits per heavy atom. The third-order valence-electron chi connectivity index (χ3n) is 3.70. The maximum absolute atomic E-state index is 12.0. The summed E-state index contributed by atoms with van der Waals surface area (Å²) in [6.45, 7) is 3.64. The van der Waals surface area contributed by atoms with Gasteiger partial charge in [-0.05, 0) is 31.5 Å². The van der Waals surface area contributed by atoms with Gasteiger partial charge in [0.1, 0.15) is 5.41 Å². The Hall–Kier alpha value is -1.79. The first-order valence-electron chi connectivity index (χ1n) is 6.48. The van der Waals surface area contributed by atoms with Crippen molar-refractivity contribution in [2.45, 2.75) is 19.9 Å². The molecular formula is C14H17ClN2O4. The van der Waals surface area contributed by atoms with Gasteiger partial charge in [-0.25, -0.2) is 4.79 Å². The lowest BCUT2D eigenvalue weighted by molar-refractivity contribution is -0.148. The van der Waals surface area contributed by atoms with E-state index >= 15 is 0 Å². The molecule has 2 rings (SSSR count). The second-order valence-corrected chi connectivity index (χ2v) is 5.78. The average Bonchev–Trinajstić information content (AvgIpc) is 2.77. The summed E-state index contributed by atoms with van der Waals surface area (Å²) in [4.78, 5) is 23.3. The highest BCUT2D eigenvalue weighted by Crippen LogP contribution is 2.29. The lowest BCUT2D eigenvalue weighted by atomic mass is 9.85. The Bertz CT molecular complexity index is 578. The summed E-state index contributed by atoms with van der Waals surface area (Å²) < 4.78 is 5.18. The maximum Gasteiger partial charge on any atom is 0.319 e.